The summed E-state index contributed by atoms with van der Waals surface area (Å²) in [5, 5.41) is 2.71. The number of carbonyl (C=O) groups is 1. The van der Waals surface area contributed by atoms with E-state index in [4.69, 9.17) is 4.42 Å². The topological polar surface area (TPSA) is 81.3 Å². The zero-order valence-electron chi connectivity index (χ0n) is 12.4. The molecule has 0 fully saturated rings. The lowest BCUT2D eigenvalue weighted by Gasteiger charge is -2.06. The second kappa shape index (κ2) is 5.40. The Morgan fingerprint density at radius 2 is 2.00 bits per heavy atom. The van der Waals surface area contributed by atoms with Gasteiger partial charge in [-0.05, 0) is 26.0 Å². The molecule has 2 heterocycles. The highest BCUT2D eigenvalue weighted by molar-refractivity contribution is 7.90. The number of carbonyl (C=O) groups excluding carboxylic acids is 1. The smallest absolute Gasteiger partial charge is 0.287 e. The largest absolute Gasteiger partial charge is 0.455 e. The van der Waals surface area contributed by atoms with Gasteiger partial charge in [0.15, 0.2) is 15.6 Å². The highest BCUT2D eigenvalue weighted by Gasteiger charge is 2.20. The van der Waals surface area contributed by atoms with Crippen LogP contribution < -0.4 is 5.32 Å². The first kappa shape index (κ1) is 15.4. The molecule has 114 valence electrons. The lowest BCUT2D eigenvalue weighted by Crippen LogP contribution is -2.23. The Kier molecular flexibility index (Phi) is 3.95. The van der Waals surface area contributed by atoms with Gasteiger partial charge in [0.05, 0.1) is 6.54 Å². The number of aryl methyl sites for hydroxylation is 2. The maximum Gasteiger partial charge on any atom is 0.287 e. The SMILES string of the molecule is Cc1oc(C(=O)NCc2ccc(C)n2C)cc1S(C)(=O)=O. The molecule has 21 heavy (non-hydrogen) atoms. The molecule has 2 aromatic rings. The van der Waals surface area contributed by atoms with Gasteiger partial charge in [0.25, 0.3) is 5.91 Å². The summed E-state index contributed by atoms with van der Waals surface area (Å²) in [6, 6.07) is 5.14. The molecular weight excluding hydrogens is 292 g/mol. The summed E-state index contributed by atoms with van der Waals surface area (Å²) in [6.45, 7) is 3.84. The van der Waals surface area contributed by atoms with Crippen LogP contribution in [0.5, 0.6) is 0 Å². The number of aromatic nitrogens is 1. The summed E-state index contributed by atoms with van der Waals surface area (Å²) in [6.07, 6.45) is 1.08. The van der Waals surface area contributed by atoms with Gasteiger partial charge in [0.2, 0.25) is 0 Å². The van der Waals surface area contributed by atoms with Crippen molar-refractivity contribution in [3.63, 3.8) is 0 Å². The van der Waals surface area contributed by atoms with E-state index in [0.717, 1.165) is 17.6 Å². The van der Waals surface area contributed by atoms with Crippen LogP contribution in [0.4, 0.5) is 0 Å². The molecule has 2 rings (SSSR count). The van der Waals surface area contributed by atoms with Gasteiger partial charge in [-0.15, -0.1) is 0 Å². The first-order valence-electron chi connectivity index (χ1n) is 6.40. The standard InChI is InChI=1S/C14H18N2O4S/c1-9-5-6-11(16(9)3)8-15-14(17)12-7-13(10(2)20-12)21(4,18)19/h5-7H,8H2,1-4H3,(H,15,17). The Morgan fingerprint density at radius 3 is 2.48 bits per heavy atom. The summed E-state index contributed by atoms with van der Waals surface area (Å²) in [5.74, 6) is -0.219. The monoisotopic (exact) mass is 310 g/mol. The van der Waals surface area contributed by atoms with Gasteiger partial charge < -0.3 is 14.3 Å². The zero-order chi connectivity index (χ0) is 15.8. The number of nitrogens with zero attached hydrogens (tertiary/aromatic N) is 1. The molecule has 0 bridgehead atoms. The van der Waals surface area contributed by atoms with Crippen LogP contribution in [0.3, 0.4) is 0 Å². The number of sulfone groups is 1. The first-order valence-corrected chi connectivity index (χ1v) is 8.29. The second-order valence-corrected chi connectivity index (χ2v) is 7.00. The predicted molar refractivity (Wildman–Crippen MR) is 77.9 cm³/mol. The minimum absolute atomic E-state index is 0.00106. The van der Waals surface area contributed by atoms with Crippen molar-refractivity contribution in [2.24, 2.45) is 7.05 Å². The van der Waals surface area contributed by atoms with Crippen LogP contribution in [0.15, 0.2) is 27.5 Å². The fourth-order valence-electron chi connectivity index (χ4n) is 2.05. The highest BCUT2D eigenvalue weighted by atomic mass is 32.2. The average molecular weight is 310 g/mol. The van der Waals surface area contributed by atoms with E-state index in [1.54, 1.807) is 0 Å². The van der Waals surface area contributed by atoms with Crippen LogP contribution in [0, 0.1) is 13.8 Å². The molecule has 7 heteroatoms. The van der Waals surface area contributed by atoms with Gasteiger partial charge in [-0.1, -0.05) is 0 Å². The van der Waals surface area contributed by atoms with Crippen LogP contribution in [0.25, 0.3) is 0 Å². The van der Waals surface area contributed by atoms with E-state index >= 15 is 0 Å². The van der Waals surface area contributed by atoms with E-state index in [0.29, 0.717) is 6.54 Å². The minimum atomic E-state index is -3.39. The summed E-state index contributed by atoms with van der Waals surface area (Å²) < 4.78 is 30.2. The Balaban J connectivity index is 2.13. The molecule has 0 aliphatic carbocycles. The van der Waals surface area contributed by atoms with Gasteiger partial charge in [0, 0.05) is 30.8 Å². The van der Waals surface area contributed by atoms with Crippen molar-refractivity contribution in [3.05, 3.63) is 41.1 Å². The molecular formula is C14H18N2O4S. The summed E-state index contributed by atoms with van der Waals surface area (Å²) in [5.41, 5.74) is 2.04. The molecule has 1 N–H and O–H groups in total. The molecule has 0 aromatic carbocycles. The molecule has 0 spiro atoms. The molecule has 0 aliphatic heterocycles. The molecule has 0 saturated carbocycles. The number of furan rings is 1. The molecule has 2 aromatic heterocycles. The van der Waals surface area contributed by atoms with Gasteiger partial charge in [-0.3, -0.25) is 4.79 Å². The van der Waals surface area contributed by atoms with Crippen molar-refractivity contribution in [1.82, 2.24) is 9.88 Å². The fraction of sp³-hybridized carbons (Fsp3) is 0.357. The van der Waals surface area contributed by atoms with Gasteiger partial charge in [-0.2, -0.15) is 0 Å². The molecule has 0 radical (unpaired) electrons. The predicted octanol–water partition coefficient (Wildman–Crippen LogP) is 1.57. The van der Waals surface area contributed by atoms with Crippen LogP contribution in [-0.2, 0) is 23.4 Å². The molecule has 1 amide bonds. The van der Waals surface area contributed by atoms with E-state index in [1.807, 2.05) is 30.7 Å². The maximum absolute atomic E-state index is 12.0. The summed E-state index contributed by atoms with van der Waals surface area (Å²) in [7, 11) is -1.48. The number of amides is 1. The second-order valence-electron chi connectivity index (χ2n) is 5.01. The highest BCUT2D eigenvalue weighted by Crippen LogP contribution is 2.19. The van der Waals surface area contributed by atoms with E-state index in [-0.39, 0.29) is 16.4 Å². The lowest BCUT2D eigenvalue weighted by atomic mass is 10.3. The van der Waals surface area contributed by atoms with Gasteiger partial charge in [-0.25, -0.2) is 8.42 Å². The van der Waals surface area contributed by atoms with Crippen molar-refractivity contribution >= 4 is 15.7 Å². The average Bonchev–Trinajstić information content (AvgIpc) is 2.92. The normalized spacial score (nSPS) is 11.6. The molecule has 0 unspecified atom stereocenters. The van der Waals surface area contributed by atoms with Crippen LogP contribution in [-0.4, -0.2) is 25.1 Å². The van der Waals surface area contributed by atoms with E-state index in [1.165, 1.54) is 13.0 Å². The van der Waals surface area contributed by atoms with Crippen molar-refractivity contribution in [3.8, 4) is 0 Å². The van der Waals surface area contributed by atoms with Gasteiger partial charge in [0.1, 0.15) is 10.7 Å². The number of hydrogen-bond donors (Lipinski definition) is 1. The van der Waals surface area contributed by atoms with E-state index < -0.39 is 15.7 Å². The first-order chi connectivity index (χ1) is 9.70. The molecule has 0 saturated heterocycles. The third-order valence-electron chi connectivity index (χ3n) is 3.40. The Morgan fingerprint density at radius 1 is 1.33 bits per heavy atom. The Hall–Kier alpha value is -2.02. The Bertz CT molecular complexity index is 784. The van der Waals surface area contributed by atoms with Crippen LogP contribution in [0.2, 0.25) is 0 Å². The van der Waals surface area contributed by atoms with Crippen molar-refractivity contribution in [2.75, 3.05) is 6.26 Å². The van der Waals surface area contributed by atoms with Gasteiger partial charge >= 0.3 is 0 Å². The molecule has 0 aliphatic rings. The van der Waals surface area contributed by atoms with Crippen LogP contribution in [0.1, 0.15) is 27.7 Å². The fourth-order valence-corrected chi connectivity index (χ4v) is 2.93. The van der Waals surface area contributed by atoms with Crippen LogP contribution >= 0.6 is 0 Å². The van der Waals surface area contributed by atoms with Crippen molar-refractivity contribution in [1.29, 1.82) is 0 Å². The van der Waals surface area contributed by atoms with E-state index in [2.05, 4.69) is 5.32 Å². The number of hydrogen-bond acceptors (Lipinski definition) is 4. The third kappa shape index (κ3) is 3.18. The Labute approximate surface area is 123 Å². The minimum Gasteiger partial charge on any atom is -0.455 e. The number of nitrogens with one attached hydrogen (secondary N) is 1. The number of rotatable bonds is 4. The maximum atomic E-state index is 12.0. The molecule has 6 nitrogen and oxygen atoms in total. The van der Waals surface area contributed by atoms with E-state index in [9.17, 15) is 13.2 Å². The summed E-state index contributed by atoms with van der Waals surface area (Å²) in [4.78, 5) is 12.1. The summed E-state index contributed by atoms with van der Waals surface area (Å²) >= 11 is 0. The quantitative estimate of drug-likeness (QED) is 0.929. The molecule has 0 atom stereocenters. The lowest BCUT2D eigenvalue weighted by molar-refractivity contribution is 0.0921. The third-order valence-corrected chi connectivity index (χ3v) is 4.61. The zero-order valence-corrected chi connectivity index (χ0v) is 13.2. The van der Waals surface area contributed by atoms with Crippen molar-refractivity contribution < 1.29 is 17.6 Å². The van der Waals surface area contributed by atoms with Crippen molar-refractivity contribution in [2.45, 2.75) is 25.3 Å².